The normalized spacial score (nSPS) is 12.3. The van der Waals surface area contributed by atoms with E-state index in [1.54, 1.807) is 6.07 Å². The lowest BCUT2D eigenvalue weighted by molar-refractivity contribution is 0.781. The Morgan fingerprint density at radius 2 is 2.07 bits per heavy atom. The summed E-state index contributed by atoms with van der Waals surface area (Å²) in [6.07, 6.45) is 2.09. The first kappa shape index (κ1) is 13.1. The summed E-state index contributed by atoms with van der Waals surface area (Å²) < 4.78 is 0. The van der Waals surface area contributed by atoms with Gasteiger partial charge in [-0.3, -0.25) is 0 Å². The van der Waals surface area contributed by atoms with Crippen LogP contribution in [0.4, 0.5) is 0 Å². The van der Waals surface area contributed by atoms with Crippen LogP contribution >= 0.6 is 39.1 Å². The molecule has 1 rings (SSSR count). The first-order valence-electron chi connectivity index (χ1n) is 4.76. The molecule has 0 amide bonds. The number of alkyl halides is 1. The lowest BCUT2D eigenvalue weighted by Gasteiger charge is -2.09. The van der Waals surface area contributed by atoms with Gasteiger partial charge in [-0.25, -0.2) is 0 Å². The molecule has 0 aliphatic heterocycles. The summed E-state index contributed by atoms with van der Waals surface area (Å²) in [5, 5.41) is 2.08. The minimum absolute atomic E-state index is 0.499. The summed E-state index contributed by atoms with van der Waals surface area (Å²) in [7, 11) is 0. The third-order valence-corrected chi connectivity index (χ3v) is 3.70. The molecule has 0 aliphatic rings. The van der Waals surface area contributed by atoms with Crippen LogP contribution in [0.3, 0.4) is 0 Å². The minimum Gasteiger partial charge on any atom is -0.0880 e. The van der Waals surface area contributed by atoms with Crippen molar-refractivity contribution in [2.45, 2.75) is 13.8 Å². The number of allylic oxidation sites excluding steroid dienone is 1. The third-order valence-electron chi connectivity index (χ3n) is 2.22. The van der Waals surface area contributed by atoms with Gasteiger partial charge in [0.05, 0.1) is 10.0 Å². The Hall–Kier alpha value is 0.0200. The molecule has 0 saturated carbocycles. The summed E-state index contributed by atoms with van der Waals surface area (Å²) in [5.41, 5.74) is 2.28. The lowest BCUT2D eigenvalue weighted by Crippen LogP contribution is -1.95. The molecule has 0 N–H and O–H groups in total. The molecule has 0 spiro atoms. The monoisotopic (exact) mass is 306 g/mol. The van der Waals surface area contributed by atoms with Gasteiger partial charge in [0.2, 0.25) is 0 Å². The van der Waals surface area contributed by atoms with Crippen molar-refractivity contribution in [2.24, 2.45) is 5.92 Å². The van der Waals surface area contributed by atoms with E-state index in [2.05, 4.69) is 35.9 Å². The van der Waals surface area contributed by atoms with Crippen LogP contribution in [0, 0.1) is 5.92 Å². The van der Waals surface area contributed by atoms with Gasteiger partial charge < -0.3 is 0 Å². The molecule has 0 radical (unpaired) electrons. The van der Waals surface area contributed by atoms with Crippen LogP contribution in [0.2, 0.25) is 10.0 Å². The average Bonchev–Trinajstić information content (AvgIpc) is 2.19. The maximum atomic E-state index is 6.11. The second kappa shape index (κ2) is 5.93. The van der Waals surface area contributed by atoms with E-state index in [-0.39, 0.29) is 0 Å². The van der Waals surface area contributed by atoms with Gasteiger partial charge in [0, 0.05) is 5.33 Å². The first-order chi connectivity index (χ1) is 7.06. The molecule has 3 heteroatoms. The molecule has 1 aromatic carbocycles. The molecular weight excluding hydrogens is 295 g/mol. The molecule has 0 fully saturated rings. The number of rotatable bonds is 3. The Morgan fingerprint density at radius 1 is 1.40 bits per heavy atom. The van der Waals surface area contributed by atoms with Crippen LogP contribution in [0.15, 0.2) is 23.8 Å². The highest BCUT2D eigenvalue weighted by Crippen LogP contribution is 2.28. The summed E-state index contributed by atoms with van der Waals surface area (Å²) in [5.74, 6) is 0.499. The van der Waals surface area contributed by atoms with Crippen molar-refractivity contribution >= 4 is 45.2 Å². The molecule has 82 valence electrons. The minimum atomic E-state index is 0.499. The molecule has 0 aromatic heterocycles. The second-order valence-electron chi connectivity index (χ2n) is 3.65. The zero-order chi connectivity index (χ0) is 11.4. The van der Waals surface area contributed by atoms with Gasteiger partial charge in [0.25, 0.3) is 0 Å². The molecule has 0 unspecified atom stereocenters. The van der Waals surface area contributed by atoms with Crippen LogP contribution in [-0.4, -0.2) is 5.33 Å². The average molecular weight is 308 g/mol. The SMILES string of the molecule is CC(C)/C(=C/c1cccc(Cl)c1Cl)CBr. The van der Waals surface area contributed by atoms with Crippen LogP contribution in [-0.2, 0) is 0 Å². The molecule has 0 saturated heterocycles. The summed E-state index contributed by atoms with van der Waals surface area (Å²) in [6.45, 7) is 4.32. The number of halogens is 3. The Labute approximate surface area is 109 Å². The number of hydrogen-bond acceptors (Lipinski definition) is 0. The van der Waals surface area contributed by atoms with E-state index in [0.29, 0.717) is 16.0 Å². The van der Waals surface area contributed by atoms with Gasteiger partial charge in [-0.2, -0.15) is 0 Å². The zero-order valence-electron chi connectivity index (χ0n) is 8.73. The highest BCUT2D eigenvalue weighted by Gasteiger charge is 2.05. The van der Waals surface area contributed by atoms with E-state index in [1.807, 2.05) is 12.1 Å². The Bertz CT molecular complexity index is 370. The topological polar surface area (TPSA) is 0 Å². The van der Waals surface area contributed by atoms with Gasteiger partial charge >= 0.3 is 0 Å². The third kappa shape index (κ3) is 3.51. The van der Waals surface area contributed by atoms with Crippen molar-refractivity contribution in [3.05, 3.63) is 39.4 Å². The summed E-state index contributed by atoms with van der Waals surface area (Å²) in [4.78, 5) is 0. The van der Waals surface area contributed by atoms with Gasteiger partial charge in [-0.1, -0.05) is 76.8 Å². The maximum absolute atomic E-state index is 6.11. The fraction of sp³-hybridized carbons (Fsp3) is 0.333. The van der Waals surface area contributed by atoms with E-state index < -0.39 is 0 Å². The second-order valence-corrected chi connectivity index (χ2v) is 5.00. The number of benzene rings is 1. The van der Waals surface area contributed by atoms with Gasteiger partial charge in [-0.15, -0.1) is 0 Å². The fourth-order valence-corrected chi connectivity index (χ4v) is 2.36. The van der Waals surface area contributed by atoms with Crippen LogP contribution < -0.4 is 0 Å². The highest BCUT2D eigenvalue weighted by atomic mass is 79.9. The van der Waals surface area contributed by atoms with Crippen molar-refractivity contribution in [3.63, 3.8) is 0 Å². The standard InChI is InChI=1S/C12H13BrCl2/c1-8(2)10(7-13)6-9-4-3-5-11(14)12(9)15/h3-6,8H,7H2,1-2H3/b10-6+. The summed E-state index contributed by atoms with van der Waals surface area (Å²) in [6, 6.07) is 5.68. The molecule has 0 bridgehead atoms. The predicted octanol–water partition coefficient (Wildman–Crippen LogP) is 5.43. The summed E-state index contributed by atoms with van der Waals surface area (Å²) >= 11 is 15.5. The smallest absolute Gasteiger partial charge is 0.0664 e. The maximum Gasteiger partial charge on any atom is 0.0664 e. The van der Waals surface area contributed by atoms with E-state index in [0.717, 1.165) is 10.9 Å². The van der Waals surface area contributed by atoms with Crippen LogP contribution in [0.1, 0.15) is 19.4 Å². The van der Waals surface area contributed by atoms with E-state index in [1.165, 1.54) is 5.57 Å². The van der Waals surface area contributed by atoms with Crippen molar-refractivity contribution in [3.8, 4) is 0 Å². The van der Waals surface area contributed by atoms with Gasteiger partial charge in [0.15, 0.2) is 0 Å². The molecular formula is C12H13BrCl2. The Kier molecular flexibility index (Phi) is 5.17. The van der Waals surface area contributed by atoms with Crippen LogP contribution in [0.25, 0.3) is 6.08 Å². The van der Waals surface area contributed by atoms with Crippen molar-refractivity contribution < 1.29 is 0 Å². The first-order valence-corrected chi connectivity index (χ1v) is 6.64. The Morgan fingerprint density at radius 3 is 2.60 bits per heavy atom. The highest BCUT2D eigenvalue weighted by molar-refractivity contribution is 9.09. The lowest BCUT2D eigenvalue weighted by atomic mass is 10.0. The van der Waals surface area contributed by atoms with E-state index >= 15 is 0 Å². The van der Waals surface area contributed by atoms with E-state index in [9.17, 15) is 0 Å². The number of hydrogen-bond donors (Lipinski definition) is 0. The van der Waals surface area contributed by atoms with Crippen LogP contribution in [0.5, 0.6) is 0 Å². The van der Waals surface area contributed by atoms with Crippen molar-refractivity contribution in [1.82, 2.24) is 0 Å². The van der Waals surface area contributed by atoms with E-state index in [4.69, 9.17) is 23.2 Å². The zero-order valence-corrected chi connectivity index (χ0v) is 11.8. The largest absolute Gasteiger partial charge is 0.0880 e. The molecule has 0 heterocycles. The molecule has 0 aliphatic carbocycles. The molecule has 1 aromatic rings. The van der Waals surface area contributed by atoms with Crippen molar-refractivity contribution in [2.75, 3.05) is 5.33 Å². The Balaban J connectivity index is 3.11. The molecule has 15 heavy (non-hydrogen) atoms. The molecule has 0 atom stereocenters. The quantitative estimate of drug-likeness (QED) is 0.653. The fourth-order valence-electron chi connectivity index (χ4n) is 1.19. The van der Waals surface area contributed by atoms with Crippen molar-refractivity contribution in [1.29, 1.82) is 0 Å². The molecule has 0 nitrogen and oxygen atoms in total. The predicted molar refractivity (Wildman–Crippen MR) is 73.1 cm³/mol. The van der Waals surface area contributed by atoms with Gasteiger partial charge in [-0.05, 0) is 17.5 Å². The van der Waals surface area contributed by atoms with Gasteiger partial charge in [0.1, 0.15) is 0 Å².